The average Bonchev–Trinajstić information content (AvgIpc) is 1.37. The summed E-state index contributed by atoms with van der Waals surface area (Å²) < 4.78 is 0. The summed E-state index contributed by atoms with van der Waals surface area (Å²) in [5.74, 6) is 0. The van der Waals surface area contributed by atoms with Gasteiger partial charge in [-0.2, -0.15) is 0 Å². The molecule has 0 aromatic carbocycles. The molecular formula is C2H8LaN2. The van der Waals surface area contributed by atoms with Gasteiger partial charge in [0.25, 0.3) is 0 Å². The van der Waals surface area contributed by atoms with Crippen molar-refractivity contribution in [3.05, 3.63) is 0 Å². The van der Waals surface area contributed by atoms with Gasteiger partial charge < -0.3 is 11.5 Å². The molecule has 4 N–H and O–H groups in total. The van der Waals surface area contributed by atoms with E-state index in [9.17, 15) is 0 Å². The summed E-state index contributed by atoms with van der Waals surface area (Å²) in [6, 6.07) is 0. The summed E-state index contributed by atoms with van der Waals surface area (Å²) in [6.07, 6.45) is 0. The normalized spacial score (nSPS) is 6.00. The van der Waals surface area contributed by atoms with Crippen LogP contribution in [-0.4, -0.2) is 13.1 Å². The van der Waals surface area contributed by atoms with Crippen LogP contribution in [0, 0.1) is 35.6 Å². The smallest absolute Gasteiger partial charge is 0.00461 e. The van der Waals surface area contributed by atoms with Gasteiger partial charge in [0.05, 0.1) is 0 Å². The number of nitrogens with two attached hydrogens (primary N) is 2. The molecule has 0 aromatic heterocycles. The van der Waals surface area contributed by atoms with E-state index in [0.29, 0.717) is 13.1 Å². The minimum absolute atomic E-state index is 0. The Balaban J connectivity index is 0. The minimum Gasteiger partial charge on any atom is -0.329 e. The molecule has 0 aromatic rings. The van der Waals surface area contributed by atoms with Crippen molar-refractivity contribution in [2.45, 2.75) is 0 Å². The van der Waals surface area contributed by atoms with Crippen LogP contribution in [0.1, 0.15) is 0 Å². The maximum atomic E-state index is 4.90. The van der Waals surface area contributed by atoms with Crippen LogP contribution in [0.5, 0.6) is 0 Å². The molecule has 0 heterocycles. The molecule has 5 heavy (non-hydrogen) atoms. The van der Waals surface area contributed by atoms with Gasteiger partial charge >= 0.3 is 0 Å². The van der Waals surface area contributed by atoms with Gasteiger partial charge in [0.15, 0.2) is 0 Å². The first kappa shape index (κ1) is 9.45. The van der Waals surface area contributed by atoms with Crippen LogP contribution in [0.4, 0.5) is 0 Å². The second-order valence-electron chi connectivity index (χ2n) is 0.577. The van der Waals surface area contributed by atoms with E-state index in [1.54, 1.807) is 0 Å². The fourth-order valence-electron chi connectivity index (χ4n) is 0. The van der Waals surface area contributed by atoms with Crippen LogP contribution in [0.25, 0.3) is 0 Å². The molecular weight excluding hydrogens is 191 g/mol. The Hall–Kier alpha value is 1.11. The van der Waals surface area contributed by atoms with Crippen LogP contribution in [0.15, 0.2) is 0 Å². The molecule has 1 radical (unpaired) electrons. The Labute approximate surface area is 59.9 Å². The maximum absolute atomic E-state index is 4.90. The van der Waals surface area contributed by atoms with E-state index in [2.05, 4.69) is 0 Å². The Kier molecular flexibility index (Phi) is 16.9. The van der Waals surface area contributed by atoms with Gasteiger partial charge in [-0.15, -0.1) is 0 Å². The van der Waals surface area contributed by atoms with E-state index in [1.807, 2.05) is 0 Å². The average molecular weight is 199 g/mol. The van der Waals surface area contributed by atoms with Crippen molar-refractivity contribution in [2.24, 2.45) is 11.5 Å². The molecule has 3 heteroatoms. The molecule has 0 aliphatic rings. The van der Waals surface area contributed by atoms with Crippen molar-refractivity contribution in [1.29, 1.82) is 0 Å². The summed E-state index contributed by atoms with van der Waals surface area (Å²) in [6.45, 7) is 1.19. The molecule has 0 bridgehead atoms. The first-order valence-electron chi connectivity index (χ1n) is 1.32. The largest absolute Gasteiger partial charge is 0.329 e. The van der Waals surface area contributed by atoms with E-state index < -0.39 is 0 Å². The first-order chi connectivity index (χ1) is 1.91. The summed E-state index contributed by atoms with van der Waals surface area (Å²) in [5.41, 5.74) is 9.81. The third-order valence-corrected chi connectivity index (χ3v) is 0.167. The van der Waals surface area contributed by atoms with Crippen molar-refractivity contribution >= 4 is 0 Å². The molecule has 0 spiro atoms. The third-order valence-electron chi connectivity index (χ3n) is 0.167. The fourth-order valence-corrected chi connectivity index (χ4v) is 0. The zero-order valence-electron chi connectivity index (χ0n) is 3.15. The molecule has 0 aliphatic carbocycles. The Bertz CT molecular complexity index is 9.61. The fraction of sp³-hybridized carbons (Fsp3) is 1.00. The van der Waals surface area contributed by atoms with E-state index in [0.717, 1.165) is 0 Å². The second-order valence-corrected chi connectivity index (χ2v) is 0.577. The predicted molar refractivity (Wildman–Crippen MR) is 18.1 cm³/mol. The van der Waals surface area contributed by atoms with Crippen molar-refractivity contribution in [1.82, 2.24) is 0 Å². The second kappa shape index (κ2) is 8.93. The van der Waals surface area contributed by atoms with Crippen molar-refractivity contribution in [3.63, 3.8) is 0 Å². The Morgan fingerprint density at radius 2 is 1.20 bits per heavy atom. The topological polar surface area (TPSA) is 52.0 Å². The zero-order valence-corrected chi connectivity index (χ0v) is 6.77. The van der Waals surface area contributed by atoms with Gasteiger partial charge in [-0.05, 0) is 0 Å². The van der Waals surface area contributed by atoms with E-state index in [1.165, 1.54) is 0 Å². The standard InChI is InChI=1S/C2H8N2.La/c3-1-2-4;/h1-4H2;. The number of rotatable bonds is 1. The molecule has 0 saturated heterocycles. The summed E-state index contributed by atoms with van der Waals surface area (Å²) in [4.78, 5) is 0. The van der Waals surface area contributed by atoms with Crippen molar-refractivity contribution in [2.75, 3.05) is 13.1 Å². The maximum Gasteiger partial charge on any atom is 0.00461 e. The molecule has 0 rings (SSSR count). The van der Waals surface area contributed by atoms with Crippen LogP contribution in [0.2, 0.25) is 0 Å². The number of hydrogen-bond acceptors (Lipinski definition) is 2. The van der Waals surface area contributed by atoms with Crippen LogP contribution in [-0.2, 0) is 0 Å². The predicted octanol–water partition coefficient (Wildman–Crippen LogP) is -1.10. The quantitative estimate of drug-likeness (QED) is 0.563. The van der Waals surface area contributed by atoms with Gasteiger partial charge in [-0.3, -0.25) is 0 Å². The number of hydrogen-bond donors (Lipinski definition) is 2. The SMILES string of the molecule is NCCN.[La]. The van der Waals surface area contributed by atoms with E-state index >= 15 is 0 Å². The van der Waals surface area contributed by atoms with Crippen molar-refractivity contribution < 1.29 is 35.6 Å². The molecule has 0 amide bonds. The summed E-state index contributed by atoms with van der Waals surface area (Å²) in [7, 11) is 0. The summed E-state index contributed by atoms with van der Waals surface area (Å²) >= 11 is 0. The Morgan fingerprint density at radius 1 is 1.00 bits per heavy atom. The first-order valence-corrected chi connectivity index (χ1v) is 1.32. The molecule has 0 saturated carbocycles. The summed E-state index contributed by atoms with van der Waals surface area (Å²) in [5, 5.41) is 0. The molecule has 29 valence electrons. The molecule has 0 atom stereocenters. The molecule has 2 nitrogen and oxygen atoms in total. The van der Waals surface area contributed by atoms with Gasteiger partial charge in [0, 0.05) is 48.7 Å². The minimum atomic E-state index is 0. The van der Waals surface area contributed by atoms with Gasteiger partial charge in [0.2, 0.25) is 0 Å². The van der Waals surface area contributed by atoms with Crippen LogP contribution >= 0.6 is 0 Å². The Morgan fingerprint density at radius 3 is 1.20 bits per heavy atom. The van der Waals surface area contributed by atoms with Gasteiger partial charge in [-0.25, -0.2) is 0 Å². The van der Waals surface area contributed by atoms with Crippen LogP contribution < -0.4 is 11.5 Å². The van der Waals surface area contributed by atoms with Gasteiger partial charge in [-0.1, -0.05) is 0 Å². The van der Waals surface area contributed by atoms with Crippen LogP contribution in [0.3, 0.4) is 0 Å². The molecule has 0 aliphatic heterocycles. The van der Waals surface area contributed by atoms with Gasteiger partial charge in [0.1, 0.15) is 0 Å². The molecule has 0 unspecified atom stereocenters. The zero-order chi connectivity index (χ0) is 3.41. The third kappa shape index (κ3) is 11.1. The monoisotopic (exact) mass is 199 g/mol. The van der Waals surface area contributed by atoms with Crippen molar-refractivity contribution in [3.8, 4) is 0 Å². The van der Waals surface area contributed by atoms with E-state index in [4.69, 9.17) is 11.5 Å². The molecule has 0 fully saturated rings. The van der Waals surface area contributed by atoms with E-state index in [-0.39, 0.29) is 35.6 Å².